The van der Waals surface area contributed by atoms with Crippen LogP contribution < -0.4 is 0 Å². The van der Waals surface area contributed by atoms with Crippen molar-refractivity contribution >= 4 is 17.4 Å². The van der Waals surface area contributed by atoms with Crippen molar-refractivity contribution in [2.45, 2.75) is 39.2 Å². The number of halogens is 1. The molecule has 1 fully saturated rings. The summed E-state index contributed by atoms with van der Waals surface area (Å²) in [5.41, 5.74) is 1.68. The smallest absolute Gasteiger partial charge is 0.144 e. The molecule has 0 radical (unpaired) electrons. The summed E-state index contributed by atoms with van der Waals surface area (Å²) in [5, 5.41) is 4.97. The molecule has 0 amide bonds. The van der Waals surface area contributed by atoms with E-state index in [4.69, 9.17) is 16.3 Å². The summed E-state index contributed by atoms with van der Waals surface area (Å²) in [7, 11) is 1.84. The molecule has 2 heterocycles. The maximum Gasteiger partial charge on any atom is 0.144 e. The highest BCUT2D eigenvalue weighted by Crippen LogP contribution is 2.26. The second kappa shape index (κ2) is 5.41. The number of nitrogens with zero attached hydrogens (tertiary/aromatic N) is 2. The third-order valence-electron chi connectivity index (χ3n) is 3.63. The number of carbonyl (C=O) groups excluding carboxylic acids is 1. The van der Waals surface area contributed by atoms with Crippen LogP contribution in [0.4, 0.5) is 0 Å². The van der Waals surface area contributed by atoms with Gasteiger partial charge in [0.25, 0.3) is 0 Å². The number of hydrogen-bond donors (Lipinski definition) is 0. The molecule has 0 N–H and O–H groups in total. The van der Waals surface area contributed by atoms with E-state index in [9.17, 15) is 4.79 Å². The molecule has 4 nitrogen and oxygen atoms in total. The van der Waals surface area contributed by atoms with Gasteiger partial charge in [-0.05, 0) is 19.8 Å². The van der Waals surface area contributed by atoms with Gasteiger partial charge in [-0.15, -0.1) is 0 Å². The van der Waals surface area contributed by atoms with Crippen molar-refractivity contribution in [2.75, 3.05) is 6.61 Å². The van der Waals surface area contributed by atoms with Crippen molar-refractivity contribution in [3.63, 3.8) is 0 Å². The number of ketones is 1. The first kappa shape index (κ1) is 13.6. The summed E-state index contributed by atoms with van der Waals surface area (Å²) in [6.07, 6.45) is 1.97. The second-order valence-electron chi connectivity index (χ2n) is 4.80. The Hall–Kier alpha value is -0.870. The SMILES string of the molecule is CCc1nn(C)c(CC(=O)C2CCOC2C)c1Cl. The van der Waals surface area contributed by atoms with E-state index in [1.807, 2.05) is 20.9 Å². The van der Waals surface area contributed by atoms with E-state index in [1.54, 1.807) is 4.68 Å². The van der Waals surface area contributed by atoms with E-state index in [0.29, 0.717) is 18.1 Å². The first-order chi connectivity index (χ1) is 8.54. The van der Waals surface area contributed by atoms with Gasteiger partial charge in [0.1, 0.15) is 5.78 Å². The minimum absolute atomic E-state index is 0.000966. The van der Waals surface area contributed by atoms with Gasteiger partial charge in [0.05, 0.1) is 28.9 Å². The molecule has 2 rings (SSSR count). The van der Waals surface area contributed by atoms with Gasteiger partial charge in [0.15, 0.2) is 0 Å². The van der Waals surface area contributed by atoms with E-state index in [2.05, 4.69) is 5.10 Å². The highest BCUT2D eigenvalue weighted by molar-refractivity contribution is 6.32. The Bertz CT molecular complexity index is 456. The van der Waals surface area contributed by atoms with E-state index in [-0.39, 0.29) is 17.8 Å². The molecule has 18 heavy (non-hydrogen) atoms. The molecule has 1 aromatic heterocycles. The van der Waals surface area contributed by atoms with Gasteiger partial charge in [-0.3, -0.25) is 9.48 Å². The molecule has 1 aliphatic rings. The van der Waals surface area contributed by atoms with Crippen LogP contribution in [-0.2, 0) is 29.4 Å². The van der Waals surface area contributed by atoms with Gasteiger partial charge in [0, 0.05) is 19.6 Å². The molecule has 2 atom stereocenters. The molecule has 2 unspecified atom stereocenters. The van der Waals surface area contributed by atoms with Gasteiger partial charge >= 0.3 is 0 Å². The Labute approximate surface area is 112 Å². The number of ether oxygens (including phenoxy) is 1. The molecule has 0 bridgehead atoms. The second-order valence-corrected chi connectivity index (χ2v) is 5.18. The van der Waals surface area contributed by atoms with E-state index in [1.165, 1.54) is 0 Å². The van der Waals surface area contributed by atoms with Gasteiger partial charge in [-0.25, -0.2) is 0 Å². The van der Waals surface area contributed by atoms with Crippen molar-refractivity contribution in [3.8, 4) is 0 Å². The number of carbonyl (C=O) groups is 1. The van der Waals surface area contributed by atoms with E-state index >= 15 is 0 Å². The minimum Gasteiger partial charge on any atom is -0.378 e. The van der Waals surface area contributed by atoms with Crippen LogP contribution in [0.25, 0.3) is 0 Å². The quantitative estimate of drug-likeness (QED) is 0.842. The monoisotopic (exact) mass is 270 g/mol. The van der Waals surface area contributed by atoms with E-state index in [0.717, 1.165) is 24.2 Å². The molecule has 0 saturated carbocycles. The highest BCUT2D eigenvalue weighted by atomic mass is 35.5. The Balaban J connectivity index is 2.14. The summed E-state index contributed by atoms with van der Waals surface area (Å²) >= 11 is 6.25. The van der Waals surface area contributed by atoms with Crippen LogP contribution in [0.15, 0.2) is 0 Å². The largest absolute Gasteiger partial charge is 0.378 e. The number of Topliss-reactive ketones (excluding diaryl/α,β-unsaturated/α-hetero) is 1. The summed E-state index contributed by atoms with van der Waals surface area (Å²) in [4.78, 5) is 12.2. The first-order valence-corrected chi connectivity index (χ1v) is 6.77. The summed E-state index contributed by atoms with van der Waals surface area (Å²) in [6, 6.07) is 0. The van der Waals surface area contributed by atoms with Gasteiger partial charge in [-0.2, -0.15) is 5.10 Å². The molecule has 100 valence electrons. The Morgan fingerprint density at radius 2 is 2.33 bits per heavy atom. The van der Waals surface area contributed by atoms with Crippen LogP contribution in [0, 0.1) is 5.92 Å². The van der Waals surface area contributed by atoms with Crippen molar-refractivity contribution in [1.29, 1.82) is 0 Å². The topological polar surface area (TPSA) is 44.1 Å². The Morgan fingerprint density at radius 1 is 1.61 bits per heavy atom. The maximum absolute atomic E-state index is 12.2. The predicted octanol–water partition coefficient (Wildman–Crippen LogP) is 2.17. The lowest BCUT2D eigenvalue weighted by Gasteiger charge is -2.12. The van der Waals surface area contributed by atoms with Gasteiger partial charge < -0.3 is 4.74 Å². The average Bonchev–Trinajstić information content (AvgIpc) is 2.87. The minimum atomic E-state index is 0.000966. The summed E-state index contributed by atoms with van der Waals surface area (Å²) in [6.45, 7) is 4.64. The van der Waals surface area contributed by atoms with Crippen molar-refractivity contribution < 1.29 is 9.53 Å². The first-order valence-electron chi connectivity index (χ1n) is 6.39. The summed E-state index contributed by atoms with van der Waals surface area (Å²) < 4.78 is 7.16. The third-order valence-corrected chi connectivity index (χ3v) is 4.07. The highest BCUT2D eigenvalue weighted by Gasteiger charge is 2.31. The number of aromatic nitrogens is 2. The van der Waals surface area contributed by atoms with Crippen LogP contribution >= 0.6 is 11.6 Å². The van der Waals surface area contributed by atoms with Crippen LogP contribution in [0.1, 0.15) is 31.7 Å². The lowest BCUT2D eigenvalue weighted by Crippen LogP contribution is -2.24. The van der Waals surface area contributed by atoms with Gasteiger partial charge in [0.2, 0.25) is 0 Å². The van der Waals surface area contributed by atoms with Crippen LogP contribution in [-0.4, -0.2) is 28.3 Å². The van der Waals surface area contributed by atoms with Crippen LogP contribution in [0.5, 0.6) is 0 Å². The molecule has 5 heteroatoms. The molecule has 1 saturated heterocycles. The number of hydrogen-bond acceptors (Lipinski definition) is 3. The van der Waals surface area contributed by atoms with Crippen molar-refractivity contribution in [3.05, 3.63) is 16.4 Å². The normalized spacial score (nSPS) is 23.6. The summed E-state index contributed by atoms with van der Waals surface area (Å²) in [5.74, 6) is 0.202. The van der Waals surface area contributed by atoms with Crippen molar-refractivity contribution in [2.24, 2.45) is 13.0 Å². The fraction of sp³-hybridized carbons (Fsp3) is 0.692. The predicted molar refractivity (Wildman–Crippen MR) is 69.8 cm³/mol. The van der Waals surface area contributed by atoms with Crippen LogP contribution in [0.3, 0.4) is 0 Å². The van der Waals surface area contributed by atoms with Gasteiger partial charge in [-0.1, -0.05) is 18.5 Å². The fourth-order valence-corrected chi connectivity index (χ4v) is 2.82. The lowest BCUT2D eigenvalue weighted by atomic mass is 9.94. The zero-order valence-electron chi connectivity index (χ0n) is 11.1. The number of rotatable bonds is 4. The molecular formula is C13H19ClN2O2. The zero-order chi connectivity index (χ0) is 13.3. The lowest BCUT2D eigenvalue weighted by molar-refractivity contribution is -0.123. The number of aryl methyl sites for hydroxylation is 2. The van der Waals surface area contributed by atoms with Crippen LogP contribution in [0.2, 0.25) is 5.02 Å². The fourth-order valence-electron chi connectivity index (χ4n) is 2.46. The maximum atomic E-state index is 12.2. The standard InChI is InChI=1S/C13H19ClN2O2/c1-4-10-13(14)11(16(3)15-10)7-12(17)9-5-6-18-8(9)2/h8-9H,4-7H2,1-3H3. The third kappa shape index (κ3) is 2.45. The van der Waals surface area contributed by atoms with E-state index < -0.39 is 0 Å². The molecule has 1 aliphatic heterocycles. The Kier molecular flexibility index (Phi) is 4.07. The van der Waals surface area contributed by atoms with Crippen molar-refractivity contribution in [1.82, 2.24) is 9.78 Å². The average molecular weight is 271 g/mol. The molecule has 0 spiro atoms. The Morgan fingerprint density at radius 3 is 2.83 bits per heavy atom. The molecule has 0 aromatic carbocycles. The zero-order valence-corrected chi connectivity index (χ0v) is 11.8. The molecule has 1 aromatic rings. The molecular weight excluding hydrogens is 252 g/mol. The molecule has 0 aliphatic carbocycles.